The van der Waals surface area contributed by atoms with Gasteiger partial charge in [0, 0.05) is 11.9 Å². The molecule has 0 radical (unpaired) electrons. The topological polar surface area (TPSA) is 95.3 Å². The second-order valence-electron chi connectivity index (χ2n) is 4.31. The van der Waals surface area contributed by atoms with Crippen molar-refractivity contribution >= 4 is 22.6 Å². The van der Waals surface area contributed by atoms with Crippen LogP contribution in [0.3, 0.4) is 0 Å². The Bertz CT molecular complexity index is 599. The van der Waals surface area contributed by atoms with E-state index in [1.807, 2.05) is 12.1 Å². The van der Waals surface area contributed by atoms with Gasteiger partial charge in [-0.25, -0.2) is 4.79 Å². The lowest BCUT2D eigenvalue weighted by Crippen LogP contribution is -2.14. The Labute approximate surface area is 110 Å². The summed E-state index contributed by atoms with van der Waals surface area (Å²) in [6.45, 7) is 2.15. The number of carbonyl (C=O) groups is 1. The first kappa shape index (κ1) is 13.2. The van der Waals surface area contributed by atoms with Crippen LogP contribution in [0.5, 0.6) is 0 Å². The highest BCUT2D eigenvalue weighted by molar-refractivity contribution is 6.02. The second-order valence-corrected chi connectivity index (χ2v) is 4.31. The zero-order valence-electron chi connectivity index (χ0n) is 10.5. The van der Waals surface area contributed by atoms with Crippen LogP contribution < -0.4 is 5.32 Å². The van der Waals surface area contributed by atoms with E-state index >= 15 is 0 Å². The quantitative estimate of drug-likeness (QED) is 0.755. The van der Waals surface area contributed by atoms with Gasteiger partial charge in [0.2, 0.25) is 0 Å². The number of carboxylic acid groups (broad SMARTS) is 1. The Morgan fingerprint density at radius 3 is 2.79 bits per heavy atom. The highest BCUT2D eigenvalue weighted by atomic mass is 16.4. The third-order valence-electron chi connectivity index (χ3n) is 2.73. The number of benzene rings is 1. The van der Waals surface area contributed by atoms with Crippen molar-refractivity contribution in [3.05, 3.63) is 30.0 Å². The van der Waals surface area contributed by atoms with Crippen molar-refractivity contribution < 1.29 is 15.0 Å². The average molecular weight is 261 g/mol. The number of fused-ring (bicyclic) bond motifs is 1. The van der Waals surface area contributed by atoms with Crippen LogP contribution in [0.4, 0.5) is 5.69 Å². The largest absolute Gasteiger partial charge is 0.476 e. The molecule has 0 aliphatic carbocycles. The molecule has 2 aromatic rings. The molecule has 2 rings (SSSR count). The third kappa shape index (κ3) is 2.97. The van der Waals surface area contributed by atoms with E-state index in [9.17, 15) is 9.90 Å². The van der Waals surface area contributed by atoms with Crippen LogP contribution in [0.25, 0.3) is 10.9 Å². The van der Waals surface area contributed by atoms with Gasteiger partial charge in [0.15, 0.2) is 5.69 Å². The minimum Gasteiger partial charge on any atom is -0.476 e. The number of carboxylic acids is 1. The fourth-order valence-electron chi connectivity index (χ4n) is 1.79. The van der Waals surface area contributed by atoms with Crippen molar-refractivity contribution in [3.63, 3.8) is 0 Å². The first-order chi connectivity index (χ1) is 9.09. The molecule has 0 bridgehead atoms. The van der Waals surface area contributed by atoms with Gasteiger partial charge in [0.05, 0.1) is 17.3 Å². The molecule has 1 aromatic heterocycles. The maximum absolute atomic E-state index is 11.2. The van der Waals surface area contributed by atoms with Gasteiger partial charge >= 0.3 is 5.97 Å². The Morgan fingerprint density at radius 1 is 1.37 bits per heavy atom. The van der Waals surface area contributed by atoms with Crippen LogP contribution >= 0.6 is 0 Å². The number of rotatable bonds is 5. The molecule has 0 amide bonds. The summed E-state index contributed by atoms with van der Waals surface area (Å²) in [5.74, 6) is -1.13. The van der Waals surface area contributed by atoms with Crippen LogP contribution in [0.2, 0.25) is 0 Å². The Balaban J connectivity index is 2.41. The average Bonchev–Trinajstić information content (AvgIpc) is 2.38. The maximum Gasteiger partial charge on any atom is 0.358 e. The number of hydrogen-bond acceptors (Lipinski definition) is 5. The molecule has 0 spiro atoms. The molecule has 6 nitrogen and oxygen atoms in total. The maximum atomic E-state index is 11.2. The summed E-state index contributed by atoms with van der Waals surface area (Å²) in [4.78, 5) is 11.2. The van der Waals surface area contributed by atoms with Gasteiger partial charge in [-0.15, -0.1) is 10.2 Å². The number of aliphatic hydroxyl groups is 1. The van der Waals surface area contributed by atoms with Crippen LogP contribution in [0.1, 0.15) is 23.8 Å². The first-order valence-corrected chi connectivity index (χ1v) is 6.00. The smallest absolute Gasteiger partial charge is 0.358 e. The lowest BCUT2D eigenvalue weighted by atomic mass is 10.1. The van der Waals surface area contributed by atoms with Gasteiger partial charge in [0.25, 0.3) is 0 Å². The molecule has 0 aliphatic heterocycles. The monoisotopic (exact) mass is 261 g/mol. The zero-order valence-corrected chi connectivity index (χ0v) is 10.5. The van der Waals surface area contributed by atoms with Crippen LogP contribution in [0, 0.1) is 0 Å². The predicted molar refractivity (Wildman–Crippen MR) is 71.3 cm³/mol. The SMILES string of the molecule is CC(O)CCNc1c(C(=O)O)nnc2ccccc12. The number of aliphatic hydroxyl groups excluding tert-OH is 1. The highest BCUT2D eigenvalue weighted by Crippen LogP contribution is 2.24. The number of anilines is 1. The fourth-order valence-corrected chi connectivity index (χ4v) is 1.79. The molecule has 100 valence electrons. The minimum atomic E-state index is -1.13. The van der Waals surface area contributed by atoms with Crippen LogP contribution in [-0.4, -0.2) is 39.0 Å². The summed E-state index contributed by atoms with van der Waals surface area (Å²) in [7, 11) is 0. The summed E-state index contributed by atoms with van der Waals surface area (Å²) in [5, 5.41) is 29.7. The molecule has 0 saturated heterocycles. The molecule has 1 unspecified atom stereocenters. The van der Waals surface area contributed by atoms with E-state index in [0.717, 1.165) is 0 Å². The number of aromatic carboxylic acids is 1. The molecule has 19 heavy (non-hydrogen) atoms. The lowest BCUT2D eigenvalue weighted by Gasteiger charge is -2.12. The third-order valence-corrected chi connectivity index (χ3v) is 2.73. The number of nitrogens with zero attached hydrogens (tertiary/aromatic N) is 2. The van der Waals surface area contributed by atoms with Crippen molar-refractivity contribution in [2.75, 3.05) is 11.9 Å². The second kappa shape index (κ2) is 5.62. The van der Waals surface area contributed by atoms with E-state index in [0.29, 0.717) is 29.6 Å². The van der Waals surface area contributed by atoms with Crippen molar-refractivity contribution in [2.24, 2.45) is 0 Å². The van der Waals surface area contributed by atoms with Crippen molar-refractivity contribution in [1.82, 2.24) is 10.2 Å². The Morgan fingerprint density at radius 2 is 2.11 bits per heavy atom. The van der Waals surface area contributed by atoms with Gasteiger partial charge in [-0.1, -0.05) is 18.2 Å². The van der Waals surface area contributed by atoms with Gasteiger partial charge in [-0.05, 0) is 19.4 Å². The van der Waals surface area contributed by atoms with E-state index in [1.165, 1.54) is 0 Å². The summed E-state index contributed by atoms with van der Waals surface area (Å²) in [6.07, 6.45) is 0.0808. The standard InChI is InChI=1S/C13H15N3O3/c1-8(17)6-7-14-11-9-4-2-3-5-10(9)15-16-12(11)13(18)19/h2-5,8,17H,6-7H2,1H3,(H,14,15)(H,18,19). The Kier molecular flexibility index (Phi) is 3.91. The summed E-state index contributed by atoms with van der Waals surface area (Å²) < 4.78 is 0. The van der Waals surface area contributed by atoms with Crippen molar-refractivity contribution in [3.8, 4) is 0 Å². The van der Waals surface area contributed by atoms with Gasteiger partial charge in [-0.2, -0.15) is 0 Å². The van der Waals surface area contributed by atoms with Gasteiger partial charge in [0.1, 0.15) is 0 Å². The molecule has 1 heterocycles. The predicted octanol–water partition coefficient (Wildman–Crippen LogP) is 1.51. The molecule has 0 aliphatic rings. The molecular weight excluding hydrogens is 246 g/mol. The molecule has 1 atom stereocenters. The summed E-state index contributed by atoms with van der Waals surface area (Å²) >= 11 is 0. The fraction of sp³-hybridized carbons (Fsp3) is 0.308. The highest BCUT2D eigenvalue weighted by Gasteiger charge is 2.16. The molecule has 0 saturated carbocycles. The van der Waals surface area contributed by atoms with Gasteiger partial charge in [-0.3, -0.25) is 0 Å². The normalized spacial score (nSPS) is 12.3. The molecular formula is C13H15N3O3. The number of hydrogen-bond donors (Lipinski definition) is 3. The molecule has 0 fully saturated rings. The molecule has 3 N–H and O–H groups in total. The molecule has 1 aromatic carbocycles. The zero-order chi connectivity index (χ0) is 13.8. The van der Waals surface area contributed by atoms with Crippen molar-refractivity contribution in [1.29, 1.82) is 0 Å². The number of aromatic nitrogens is 2. The van der Waals surface area contributed by atoms with Gasteiger partial charge < -0.3 is 15.5 Å². The molecule has 6 heteroatoms. The summed E-state index contributed by atoms with van der Waals surface area (Å²) in [6, 6.07) is 7.20. The van der Waals surface area contributed by atoms with Crippen molar-refractivity contribution in [2.45, 2.75) is 19.4 Å². The van der Waals surface area contributed by atoms with E-state index in [1.54, 1.807) is 19.1 Å². The van der Waals surface area contributed by atoms with E-state index in [4.69, 9.17) is 5.11 Å². The van der Waals surface area contributed by atoms with Crippen LogP contribution in [0.15, 0.2) is 24.3 Å². The minimum absolute atomic E-state index is 0.107. The lowest BCUT2D eigenvalue weighted by molar-refractivity contribution is 0.0690. The summed E-state index contributed by atoms with van der Waals surface area (Å²) in [5.41, 5.74) is 0.968. The Hall–Kier alpha value is -2.21. The number of nitrogens with one attached hydrogen (secondary N) is 1. The van der Waals surface area contributed by atoms with E-state index in [2.05, 4.69) is 15.5 Å². The van der Waals surface area contributed by atoms with Crippen LogP contribution in [-0.2, 0) is 0 Å². The van der Waals surface area contributed by atoms with E-state index in [-0.39, 0.29) is 5.69 Å². The van der Waals surface area contributed by atoms with E-state index < -0.39 is 12.1 Å². The first-order valence-electron chi connectivity index (χ1n) is 6.00.